The van der Waals surface area contributed by atoms with Crippen LogP contribution in [0.25, 0.3) is 0 Å². The zero-order valence-electron chi connectivity index (χ0n) is 10.9. The summed E-state index contributed by atoms with van der Waals surface area (Å²) >= 11 is 1.70. The summed E-state index contributed by atoms with van der Waals surface area (Å²) in [5, 5.41) is 8.84. The van der Waals surface area contributed by atoms with Crippen LogP contribution in [0.1, 0.15) is 26.7 Å². The third-order valence-electron chi connectivity index (χ3n) is 3.02. The van der Waals surface area contributed by atoms with Crippen molar-refractivity contribution in [2.45, 2.75) is 38.8 Å². The van der Waals surface area contributed by atoms with Crippen LogP contribution in [-0.4, -0.2) is 58.7 Å². The van der Waals surface area contributed by atoms with Crippen LogP contribution in [-0.2, 0) is 14.3 Å². The van der Waals surface area contributed by atoms with Crippen molar-refractivity contribution in [1.82, 2.24) is 4.90 Å². The number of amides is 1. The zero-order chi connectivity index (χ0) is 13.5. The average molecular weight is 275 g/mol. The van der Waals surface area contributed by atoms with Gasteiger partial charge in [-0.2, -0.15) is 11.8 Å². The second-order valence-corrected chi connectivity index (χ2v) is 5.59. The molecule has 0 bridgehead atoms. The quantitative estimate of drug-likeness (QED) is 0.789. The van der Waals surface area contributed by atoms with Gasteiger partial charge in [0.15, 0.2) is 0 Å². The predicted molar refractivity (Wildman–Crippen MR) is 70.8 cm³/mol. The number of ether oxygens (including phenoxy) is 1. The van der Waals surface area contributed by atoms with E-state index in [1.807, 2.05) is 13.8 Å². The SMILES string of the molecule is CCC(C)OCC(=O)N1CCSCC1CC(=O)O. The predicted octanol–water partition coefficient (Wildman–Crippen LogP) is 1.22. The van der Waals surface area contributed by atoms with Gasteiger partial charge in [-0.25, -0.2) is 0 Å². The molecule has 0 aromatic carbocycles. The van der Waals surface area contributed by atoms with Gasteiger partial charge in [0.25, 0.3) is 0 Å². The lowest BCUT2D eigenvalue weighted by atomic mass is 10.2. The molecule has 18 heavy (non-hydrogen) atoms. The Labute approximate surface area is 112 Å². The summed E-state index contributed by atoms with van der Waals surface area (Å²) in [5.74, 6) is 0.608. The molecular formula is C12H21NO4S. The molecule has 6 heteroatoms. The molecule has 0 aromatic heterocycles. The molecule has 5 nitrogen and oxygen atoms in total. The van der Waals surface area contributed by atoms with Gasteiger partial charge in [0.05, 0.1) is 18.6 Å². The Morgan fingerprint density at radius 2 is 2.28 bits per heavy atom. The zero-order valence-corrected chi connectivity index (χ0v) is 11.7. The third-order valence-corrected chi connectivity index (χ3v) is 4.12. The molecule has 0 spiro atoms. The van der Waals surface area contributed by atoms with Crippen molar-refractivity contribution in [1.29, 1.82) is 0 Å². The molecule has 2 atom stereocenters. The van der Waals surface area contributed by atoms with Crippen LogP contribution < -0.4 is 0 Å². The van der Waals surface area contributed by atoms with Crippen molar-refractivity contribution >= 4 is 23.6 Å². The lowest BCUT2D eigenvalue weighted by Crippen LogP contribution is -2.48. The summed E-state index contributed by atoms with van der Waals surface area (Å²) in [4.78, 5) is 24.4. The molecule has 0 saturated carbocycles. The van der Waals surface area contributed by atoms with Crippen molar-refractivity contribution in [2.24, 2.45) is 0 Å². The highest BCUT2D eigenvalue weighted by Crippen LogP contribution is 2.19. The Morgan fingerprint density at radius 3 is 2.89 bits per heavy atom. The fraction of sp³-hybridized carbons (Fsp3) is 0.833. The summed E-state index contributed by atoms with van der Waals surface area (Å²) in [7, 11) is 0. The molecule has 2 unspecified atom stereocenters. The van der Waals surface area contributed by atoms with E-state index in [1.54, 1.807) is 16.7 Å². The molecule has 104 valence electrons. The third kappa shape index (κ3) is 4.86. The van der Waals surface area contributed by atoms with Crippen LogP contribution in [0, 0.1) is 0 Å². The van der Waals surface area contributed by atoms with E-state index in [0.717, 1.165) is 12.2 Å². The summed E-state index contributed by atoms with van der Waals surface area (Å²) in [6.07, 6.45) is 0.940. The van der Waals surface area contributed by atoms with Crippen LogP contribution in [0.3, 0.4) is 0 Å². The van der Waals surface area contributed by atoms with Gasteiger partial charge in [-0.05, 0) is 13.3 Å². The second-order valence-electron chi connectivity index (χ2n) is 4.44. The van der Waals surface area contributed by atoms with E-state index in [-0.39, 0.29) is 31.1 Å². The molecule has 1 fully saturated rings. The molecule has 0 radical (unpaired) electrons. The van der Waals surface area contributed by atoms with Gasteiger partial charge in [-0.3, -0.25) is 9.59 Å². The maximum Gasteiger partial charge on any atom is 0.305 e. The second kappa shape index (κ2) is 7.63. The van der Waals surface area contributed by atoms with Crippen molar-refractivity contribution in [3.05, 3.63) is 0 Å². The molecule has 0 aromatic rings. The van der Waals surface area contributed by atoms with Gasteiger partial charge in [-0.1, -0.05) is 6.92 Å². The summed E-state index contributed by atoms with van der Waals surface area (Å²) < 4.78 is 5.41. The first kappa shape index (κ1) is 15.3. The molecule has 1 saturated heterocycles. The average Bonchev–Trinajstić information content (AvgIpc) is 2.35. The van der Waals surface area contributed by atoms with Crippen LogP contribution in [0.4, 0.5) is 0 Å². The van der Waals surface area contributed by atoms with Crippen LogP contribution in [0.2, 0.25) is 0 Å². The highest BCUT2D eigenvalue weighted by Gasteiger charge is 2.28. The van der Waals surface area contributed by atoms with Gasteiger partial charge in [0.2, 0.25) is 5.91 Å². The van der Waals surface area contributed by atoms with Crippen molar-refractivity contribution in [3.63, 3.8) is 0 Å². The Hall–Kier alpha value is -0.750. The minimum absolute atomic E-state index is 0.0159. The largest absolute Gasteiger partial charge is 0.481 e. The number of carbonyl (C=O) groups is 2. The van der Waals surface area contributed by atoms with E-state index in [2.05, 4.69) is 0 Å². The Morgan fingerprint density at radius 1 is 1.56 bits per heavy atom. The summed E-state index contributed by atoms with van der Waals surface area (Å²) in [5.41, 5.74) is 0. The van der Waals surface area contributed by atoms with Crippen molar-refractivity contribution in [2.75, 3.05) is 24.7 Å². The molecule has 1 aliphatic rings. The highest BCUT2D eigenvalue weighted by molar-refractivity contribution is 7.99. The van der Waals surface area contributed by atoms with Gasteiger partial charge in [-0.15, -0.1) is 0 Å². The monoisotopic (exact) mass is 275 g/mol. The van der Waals surface area contributed by atoms with E-state index in [1.165, 1.54) is 0 Å². The van der Waals surface area contributed by atoms with E-state index < -0.39 is 5.97 Å². The normalized spacial score (nSPS) is 21.7. The van der Waals surface area contributed by atoms with Crippen LogP contribution in [0.5, 0.6) is 0 Å². The number of carboxylic acid groups (broad SMARTS) is 1. The van der Waals surface area contributed by atoms with E-state index in [4.69, 9.17) is 9.84 Å². The Bertz CT molecular complexity index is 298. The summed E-state index contributed by atoms with van der Waals surface area (Å²) in [6.45, 7) is 4.59. The lowest BCUT2D eigenvalue weighted by Gasteiger charge is -2.34. The highest BCUT2D eigenvalue weighted by atomic mass is 32.2. The van der Waals surface area contributed by atoms with E-state index >= 15 is 0 Å². The first-order valence-corrected chi connectivity index (χ1v) is 7.40. The number of aliphatic carboxylic acids is 1. The van der Waals surface area contributed by atoms with Gasteiger partial charge in [0.1, 0.15) is 6.61 Å². The molecule has 1 aliphatic heterocycles. The summed E-state index contributed by atoms with van der Waals surface area (Å²) in [6, 6.07) is -0.200. The smallest absolute Gasteiger partial charge is 0.305 e. The Balaban J connectivity index is 2.49. The Kier molecular flexibility index (Phi) is 6.49. The molecule has 1 rings (SSSR count). The van der Waals surface area contributed by atoms with Gasteiger partial charge in [0, 0.05) is 18.1 Å². The van der Waals surface area contributed by atoms with Crippen molar-refractivity contribution < 1.29 is 19.4 Å². The minimum atomic E-state index is -0.858. The molecule has 0 aliphatic carbocycles. The molecular weight excluding hydrogens is 254 g/mol. The maximum atomic E-state index is 12.0. The van der Waals surface area contributed by atoms with Gasteiger partial charge >= 0.3 is 5.97 Å². The maximum absolute atomic E-state index is 12.0. The fourth-order valence-electron chi connectivity index (χ4n) is 1.77. The molecule has 1 amide bonds. The standard InChI is InChI=1S/C12H21NO4S/c1-3-9(2)17-7-11(14)13-4-5-18-8-10(13)6-12(15)16/h9-10H,3-8H2,1-2H3,(H,15,16). The van der Waals surface area contributed by atoms with Crippen LogP contribution >= 0.6 is 11.8 Å². The lowest BCUT2D eigenvalue weighted by molar-refractivity contribution is -0.143. The van der Waals surface area contributed by atoms with Gasteiger partial charge < -0.3 is 14.7 Å². The number of rotatable bonds is 6. The first-order valence-electron chi connectivity index (χ1n) is 6.25. The molecule has 1 heterocycles. The number of hydrogen-bond acceptors (Lipinski definition) is 4. The number of nitrogens with zero attached hydrogens (tertiary/aromatic N) is 1. The van der Waals surface area contributed by atoms with E-state index in [9.17, 15) is 9.59 Å². The number of carboxylic acids is 1. The van der Waals surface area contributed by atoms with Crippen molar-refractivity contribution in [3.8, 4) is 0 Å². The minimum Gasteiger partial charge on any atom is -0.481 e. The number of hydrogen-bond donors (Lipinski definition) is 1. The molecule has 1 N–H and O–H groups in total. The number of thioether (sulfide) groups is 1. The fourth-order valence-corrected chi connectivity index (χ4v) is 2.83. The van der Waals surface area contributed by atoms with E-state index in [0.29, 0.717) is 12.3 Å². The van der Waals surface area contributed by atoms with Crippen LogP contribution in [0.15, 0.2) is 0 Å². The topological polar surface area (TPSA) is 66.8 Å². The number of carbonyl (C=O) groups excluding carboxylic acids is 1. The first-order chi connectivity index (χ1) is 8.54.